The number of para-hydroxylation sites is 2. The highest BCUT2D eigenvalue weighted by Crippen LogP contribution is 2.36. The van der Waals surface area contributed by atoms with Crippen LogP contribution in [0.2, 0.25) is 0 Å². The Hall–Kier alpha value is -3.65. The van der Waals surface area contributed by atoms with Crippen LogP contribution in [0.3, 0.4) is 0 Å². The molecule has 32 heavy (non-hydrogen) atoms. The number of aromatic nitrogens is 2. The van der Waals surface area contributed by atoms with E-state index in [1.165, 1.54) is 11.3 Å². The Labute approximate surface area is 189 Å². The third-order valence-corrected chi connectivity index (χ3v) is 6.69. The van der Waals surface area contributed by atoms with Crippen LogP contribution in [0, 0.1) is 6.92 Å². The van der Waals surface area contributed by atoms with Crippen LogP contribution in [-0.4, -0.2) is 41.3 Å². The Kier molecular flexibility index (Phi) is 5.14. The zero-order valence-corrected chi connectivity index (χ0v) is 18.6. The fourth-order valence-electron chi connectivity index (χ4n) is 3.94. The molecule has 0 aliphatic carbocycles. The molecule has 0 saturated heterocycles. The molecule has 0 saturated carbocycles. The smallest absolute Gasteiger partial charge is 0.268 e. The number of ether oxygens (including phenoxy) is 1. The number of carbonyl (C=O) groups is 2. The van der Waals surface area contributed by atoms with Crippen LogP contribution in [0.25, 0.3) is 10.2 Å². The molecule has 2 aromatic heterocycles. The molecule has 0 spiro atoms. The number of carbonyl (C=O) groups excluding carboxylic acids is 2. The van der Waals surface area contributed by atoms with Crippen molar-refractivity contribution in [2.75, 3.05) is 18.5 Å². The lowest BCUT2D eigenvalue weighted by atomic mass is 10.1. The van der Waals surface area contributed by atoms with E-state index in [1.807, 2.05) is 54.1 Å². The molecule has 4 aromatic rings. The quantitative estimate of drug-likeness (QED) is 0.520. The highest BCUT2D eigenvalue weighted by atomic mass is 32.1. The molecule has 0 radical (unpaired) electrons. The van der Waals surface area contributed by atoms with Gasteiger partial charge in [-0.05, 0) is 30.7 Å². The van der Waals surface area contributed by atoms with Crippen LogP contribution in [-0.2, 0) is 11.3 Å². The number of hydrogen-bond acceptors (Lipinski definition) is 5. The maximum atomic E-state index is 13.6. The Balaban J connectivity index is 1.50. The monoisotopic (exact) mass is 446 g/mol. The molecule has 2 amide bonds. The van der Waals surface area contributed by atoms with Gasteiger partial charge in [0, 0.05) is 12.4 Å². The SMILES string of the molecule is CNC(=O)[C@H]1CN(C(=O)c2cc3c(C)nn(Cc4ccccc4)c3s2)c2ccccc2O1. The van der Waals surface area contributed by atoms with Crippen molar-refractivity contribution in [3.63, 3.8) is 0 Å². The van der Waals surface area contributed by atoms with Gasteiger partial charge in [-0.3, -0.25) is 19.2 Å². The summed E-state index contributed by atoms with van der Waals surface area (Å²) < 4.78 is 7.78. The summed E-state index contributed by atoms with van der Waals surface area (Å²) in [6.45, 7) is 2.74. The molecule has 1 aliphatic rings. The van der Waals surface area contributed by atoms with E-state index in [4.69, 9.17) is 4.74 Å². The second-order valence-corrected chi connectivity index (χ2v) is 8.69. The summed E-state index contributed by atoms with van der Waals surface area (Å²) in [5.74, 6) is 0.109. The van der Waals surface area contributed by atoms with E-state index < -0.39 is 6.10 Å². The van der Waals surface area contributed by atoms with Gasteiger partial charge in [0.15, 0.2) is 6.10 Å². The predicted octanol–water partition coefficient (Wildman–Crippen LogP) is 3.61. The van der Waals surface area contributed by atoms with Gasteiger partial charge in [-0.2, -0.15) is 5.10 Å². The van der Waals surface area contributed by atoms with Gasteiger partial charge in [0.2, 0.25) is 0 Å². The summed E-state index contributed by atoms with van der Waals surface area (Å²) in [6, 6.07) is 19.3. The first-order chi connectivity index (χ1) is 15.5. The maximum absolute atomic E-state index is 13.6. The van der Waals surface area contributed by atoms with E-state index in [2.05, 4.69) is 22.5 Å². The Bertz CT molecular complexity index is 1310. The first-order valence-electron chi connectivity index (χ1n) is 10.3. The van der Waals surface area contributed by atoms with Crippen molar-refractivity contribution in [2.45, 2.75) is 19.6 Å². The molecule has 162 valence electrons. The highest BCUT2D eigenvalue weighted by Gasteiger charge is 2.34. The van der Waals surface area contributed by atoms with Crippen LogP contribution >= 0.6 is 11.3 Å². The molecule has 1 atom stereocenters. The molecule has 1 aliphatic heterocycles. The minimum atomic E-state index is -0.761. The lowest BCUT2D eigenvalue weighted by Gasteiger charge is -2.33. The number of thiophene rings is 1. The van der Waals surface area contributed by atoms with Crippen LogP contribution in [0.4, 0.5) is 5.69 Å². The summed E-state index contributed by atoms with van der Waals surface area (Å²) in [5.41, 5.74) is 2.70. The molecule has 0 bridgehead atoms. The number of benzene rings is 2. The minimum absolute atomic E-state index is 0.151. The molecule has 1 N–H and O–H groups in total. The Morgan fingerprint density at radius 3 is 2.69 bits per heavy atom. The molecule has 3 heterocycles. The second-order valence-electron chi connectivity index (χ2n) is 7.66. The van der Waals surface area contributed by atoms with Crippen molar-refractivity contribution in [3.05, 3.63) is 76.8 Å². The summed E-state index contributed by atoms with van der Waals surface area (Å²) in [5, 5.41) is 8.25. The van der Waals surface area contributed by atoms with Crippen LogP contribution in [0.15, 0.2) is 60.7 Å². The van der Waals surface area contributed by atoms with Crippen molar-refractivity contribution in [1.29, 1.82) is 0 Å². The normalized spacial score (nSPS) is 15.3. The first kappa shape index (κ1) is 20.3. The molecule has 2 aromatic carbocycles. The van der Waals surface area contributed by atoms with Crippen molar-refractivity contribution >= 4 is 39.1 Å². The van der Waals surface area contributed by atoms with Gasteiger partial charge in [0.25, 0.3) is 11.8 Å². The first-order valence-corrected chi connectivity index (χ1v) is 11.2. The van der Waals surface area contributed by atoms with Crippen molar-refractivity contribution in [1.82, 2.24) is 15.1 Å². The topological polar surface area (TPSA) is 76.5 Å². The number of hydrogen-bond donors (Lipinski definition) is 1. The molecule has 5 rings (SSSR count). The van der Waals surface area contributed by atoms with Crippen LogP contribution in [0.1, 0.15) is 20.9 Å². The van der Waals surface area contributed by atoms with Gasteiger partial charge in [-0.15, -0.1) is 11.3 Å². The van der Waals surface area contributed by atoms with Gasteiger partial charge < -0.3 is 10.1 Å². The number of likely N-dealkylation sites (N-methyl/N-ethyl adjacent to an activating group) is 1. The minimum Gasteiger partial charge on any atom is -0.477 e. The van der Waals surface area contributed by atoms with Crippen molar-refractivity contribution < 1.29 is 14.3 Å². The third-order valence-electron chi connectivity index (χ3n) is 5.55. The highest BCUT2D eigenvalue weighted by molar-refractivity contribution is 7.20. The van der Waals surface area contributed by atoms with Gasteiger partial charge in [0.1, 0.15) is 10.6 Å². The summed E-state index contributed by atoms with van der Waals surface area (Å²) in [6.07, 6.45) is -0.761. The number of aryl methyl sites for hydroxylation is 1. The summed E-state index contributed by atoms with van der Waals surface area (Å²) in [7, 11) is 1.56. The number of nitrogens with zero attached hydrogens (tertiary/aromatic N) is 3. The summed E-state index contributed by atoms with van der Waals surface area (Å²) >= 11 is 1.42. The molecular formula is C24H22N4O3S. The van der Waals surface area contributed by atoms with E-state index in [0.29, 0.717) is 22.9 Å². The molecule has 8 heteroatoms. The second kappa shape index (κ2) is 8.12. The number of rotatable bonds is 4. The predicted molar refractivity (Wildman–Crippen MR) is 124 cm³/mol. The van der Waals surface area contributed by atoms with E-state index in [0.717, 1.165) is 21.5 Å². The van der Waals surface area contributed by atoms with E-state index in [9.17, 15) is 9.59 Å². The van der Waals surface area contributed by atoms with Gasteiger partial charge in [-0.1, -0.05) is 42.5 Å². The van der Waals surface area contributed by atoms with Crippen LogP contribution < -0.4 is 15.0 Å². The largest absolute Gasteiger partial charge is 0.477 e. The summed E-state index contributed by atoms with van der Waals surface area (Å²) in [4.78, 5) is 29.0. The van der Waals surface area contributed by atoms with Gasteiger partial charge in [-0.25, -0.2) is 0 Å². The van der Waals surface area contributed by atoms with Gasteiger partial charge in [0.05, 0.1) is 29.3 Å². The lowest BCUT2D eigenvalue weighted by molar-refractivity contribution is -0.127. The molecule has 0 unspecified atom stereocenters. The van der Waals surface area contributed by atoms with Crippen molar-refractivity contribution in [3.8, 4) is 5.75 Å². The zero-order valence-electron chi connectivity index (χ0n) is 17.7. The average molecular weight is 447 g/mol. The van der Waals surface area contributed by atoms with Gasteiger partial charge >= 0.3 is 0 Å². The third kappa shape index (κ3) is 3.52. The number of fused-ring (bicyclic) bond motifs is 2. The standard InChI is InChI=1S/C24H22N4O3S/c1-15-17-12-21(32-24(17)28(26-15)13-16-8-4-3-5-9-16)23(30)27-14-20(22(29)25-2)31-19-11-7-6-10-18(19)27/h3-12,20H,13-14H2,1-2H3,(H,25,29)/t20-/m1/s1. The fourth-order valence-corrected chi connectivity index (χ4v) is 5.05. The van der Waals surface area contributed by atoms with Crippen molar-refractivity contribution in [2.24, 2.45) is 0 Å². The Morgan fingerprint density at radius 1 is 1.16 bits per heavy atom. The van der Waals surface area contributed by atoms with E-state index in [-0.39, 0.29) is 18.4 Å². The zero-order chi connectivity index (χ0) is 22.2. The fraction of sp³-hybridized carbons (Fsp3) is 0.208. The molecular weight excluding hydrogens is 424 g/mol. The number of anilines is 1. The van der Waals surface area contributed by atoms with Crippen LogP contribution in [0.5, 0.6) is 5.75 Å². The number of amides is 2. The molecule has 0 fully saturated rings. The Morgan fingerprint density at radius 2 is 1.91 bits per heavy atom. The molecule has 7 nitrogen and oxygen atoms in total. The average Bonchev–Trinajstić information content (AvgIpc) is 3.39. The van der Waals surface area contributed by atoms with E-state index in [1.54, 1.807) is 18.0 Å². The maximum Gasteiger partial charge on any atom is 0.268 e. The number of nitrogens with one attached hydrogen (secondary N) is 1. The van der Waals surface area contributed by atoms with E-state index >= 15 is 0 Å². The lowest BCUT2D eigenvalue weighted by Crippen LogP contribution is -2.50.